The number of aromatic nitrogens is 2. The first-order valence-corrected chi connectivity index (χ1v) is 4.06. The second-order valence-electron chi connectivity index (χ2n) is 2.63. The molecule has 5 nitrogen and oxygen atoms in total. The van der Waals surface area contributed by atoms with Crippen LogP contribution in [-0.4, -0.2) is 29.8 Å². The topological polar surface area (TPSA) is 67.0 Å². The molecule has 0 aromatic carbocycles. The number of amides is 1. The van der Waals surface area contributed by atoms with Crippen molar-refractivity contribution in [2.24, 2.45) is 0 Å². The number of nitrogens with zero attached hydrogens (tertiary/aromatic N) is 1. The second kappa shape index (κ2) is 5.31. The zero-order valence-corrected chi connectivity index (χ0v) is 7.54. The number of carbonyl (C=O) groups is 1. The zero-order valence-electron chi connectivity index (χ0n) is 7.54. The Morgan fingerprint density at radius 1 is 1.77 bits per heavy atom. The summed E-state index contributed by atoms with van der Waals surface area (Å²) in [4.78, 5) is 11.1. The molecule has 1 aromatic rings. The van der Waals surface area contributed by atoms with E-state index in [-0.39, 0.29) is 5.91 Å². The third-order valence-corrected chi connectivity index (χ3v) is 1.58. The minimum absolute atomic E-state index is 0.0111. The van der Waals surface area contributed by atoms with E-state index < -0.39 is 0 Å². The van der Waals surface area contributed by atoms with Gasteiger partial charge in [0.1, 0.15) is 0 Å². The molecule has 1 amide bonds. The van der Waals surface area contributed by atoms with Crippen LogP contribution in [-0.2, 0) is 16.1 Å². The van der Waals surface area contributed by atoms with Crippen molar-refractivity contribution in [1.82, 2.24) is 15.5 Å². The second-order valence-corrected chi connectivity index (χ2v) is 2.63. The number of methoxy groups -OCH3 is 1. The molecular weight excluding hydrogens is 170 g/mol. The normalized spacial score (nSPS) is 9.92. The molecule has 1 heterocycles. The first-order chi connectivity index (χ1) is 6.33. The van der Waals surface area contributed by atoms with E-state index >= 15 is 0 Å². The fourth-order valence-electron chi connectivity index (χ4n) is 0.858. The Morgan fingerprint density at radius 3 is 3.23 bits per heavy atom. The van der Waals surface area contributed by atoms with Crippen molar-refractivity contribution >= 4 is 5.91 Å². The van der Waals surface area contributed by atoms with Gasteiger partial charge >= 0.3 is 0 Å². The van der Waals surface area contributed by atoms with E-state index in [1.54, 1.807) is 19.5 Å². The summed E-state index contributed by atoms with van der Waals surface area (Å²) in [6.45, 7) is 0.969. The van der Waals surface area contributed by atoms with Crippen LogP contribution in [0.25, 0.3) is 0 Å². The van der Waals surface area contributed by atoms with Crippen LogP contribution in [0.5, 0.6) is 0 Å². The molecule has 0 bridgehead atoms. The highest BCUT2D eigenvalue weighted by atomic mass is 16.5. The molecule has 0 saturated heterocycles. The summed E-state index contributed by atoms with van der Waals surface area (Å²) in [5, 5.41) is 9.17. The van der Waals surface area contributed by atoms with Crippen LogP contribution in [0.3, 0.4) is 0 Å². The van der Waals surface area contributed by atoms with Gasteiger partial charge in [-0.15, -0.1) is 0 Å². The first kappa shape index (κ1) is 9.73. The lowest BCUT2D eigenvalue weighted by Crippen LogP contribution is -2.23. The Morgan fingerprint density at radius 2 is 2.62 bits per heavy atom. The number of ether oxygens (including phenoxy) is 1. The van der Waals surface area contributed by atoms with Crippen LogP contribution in [0, 0.1) is 0 Å². The van der Waals surface area contributed by atoms with Crippen LogP contribution >= 0.6 is 0 Å². The Balaban J connectivity index is 2.15. The predicted molar refractivity (Wildman–Crippen MR) is 46.9 cm³/mol. The standard InChI is InChI=1S/C8H13N3O2/c1-13-3-2-8(12)9-4-7-5-10-11-6-7/h5-6H,2-4H2,1H3,(H,9,12)(H,10,11). The summed E-state index contributed by atoms with van der Waals surface area (Å²) < 4.78 is 4.77. The minimum atomic E-state index is -0.0111. The van der Waals surface area contributed by atoms with Gasteiger partial charge in [0.15, 0.2) is 0 Å². The summed E-state index contributed by atoms with van der Waals surface area (Å²) in [5.41, 5.74) is 0.964. The molecule has 13 heavy (non-hydrogen) atoms. The number of hydrogen-bond acceptors (Lipinski definition) is 3. The van der Waals surface area contributed by atoms with E-state index in [0.717, 1.165) is 5.56 Å². The first-order valence-electron chi connectivity index (χ1n) is 4.06. The zero-order chi connectivity index (χ0) is 9.52. The summed E-state index contributed by atoms with van der Waals surface area (Å²) in [5.74, 6) is -0.0111. The van der Waals surface area contributed by atoms with Gasteiger partial charge in [0.25, 0.3) is 0 Å². The largest absolute Gasteiger partial charge is 0.384 e. The van der Waals surface area contributed by atoms with Gasteiger partial charge in [-0.3, -0.25) is 9.89 Å². The lowest BCUT2D eigenvalue weighted by atomic mass is 10.3. The number of aromatic amines is 1. The van der Waals surface area contributed by atoms with E-state index in [0.29, 0.717) is 19.6 Å². The van der Waals surface area contributed by atoms with Crippen molar-refractivity contribution in [2.45, 2.75) is 13.0 Å². The molecule has 0 aliphatic carbocycles. The highest BCUT2D eigenvalue weighted by Gasteiger charge is 2.00. The van der Waals surface area contributed by atoms with Crippen LogP contribution in [0.1, 0.15) is 12.0 Å². The van der Waals surface area contributed by atoms with Gasteiger partial charge < -0.3 is 10.1 Å². The average Bonchev–Trinajstić information content (AvgIpc) is 2.64. The molecule has 0 radical (unpaired) electrons. The van der Waals surface area contributed by atoms with Crippen molar-refractivity contribution in [3.63, 3.8) is 0 Å². The van der Waals surface area contributed by atoms with E-state index in [9.17, 15) is 4.79 Å². The quantitative estimate of drug-likeness (QED) is 0.678. The van der Waals surface area contributed by atoms with Gasteiger partial charge in [0.2, 0.25) is 5.91 Å². The highest BCUT2D eigenvalue weighted by Crippen LogP contribution is 1.92. The summed E-state index contributed by atoms with van der Waals surface area (Å²) in [6.07, 6.45) is 3.82. The van der Waals surface area contributed by atoms with Gasteiger partial charge in [-0.05, 0) is 0 Å². The molecular formula is C8H13N3O2. The van der Waals surface area contributed by atoms with Gasteiger partial charge in [0, 0.05) is 31.8 Å². The van der Waals surface area contributed by atoms with Crippen molar-refractivity contribution < 1.29 is 9.53 Å². The third-order valence-electron chi connectivity index (χ3n) is 1.58. The molecule has 1 aromatic heterocycles. The maximum atomic E-state index is 11.1. The number of rotatable bonds is 5. The van der Waals surface area contributed by atoms with E-state index in [1.165, 1.54) is 0 Å². The van der Waals surface area contributed by atoms with Gasteiger partial charge in [-0.2, -0.15) is 5.10 Å². The van der Waals surface area contributed by atoms with Crippen LogP contribution < -0.4 is 5.32 Å². The van der Waals surface area contributed by atoms with Gasteiger partial charge in [-0.25, -0.2) is 0 Å². The van der Waals surface area contributed by atoms with Crippen molar-refractivity contribution in [3.05, 3.63) is 18.0 Å². The van der Waals surface area contributed by atoms with Crippen LogP contribution in [0.15, 0.2) is 12.4 Å². The predicted octanol–water partition coefficient (Wildman–Crippen LogP) is 0.0624. The summed E-state index contributed by atoms with van der Waals surface area (Å²) >= 11 is 0. The van der Waals surface area contributed by atoms with E-state index in [4.69, 9.17) is 4.74 Å². The van der Waals surface area contributed by atoms with Crippen LogP contribution in [0.2, 0.25) is 0 Å². The number of carbonyl (C=O) groups excluding carboxylic acids is 1. The molecule has 72 valence electrons. The fraction of sp³-hybridized carbons (Fsp3) is 0.500. The molecule has 5 heteroatoms. The van der Waals surface area contributed by atoms with Crippen LogP contribution in [0.4, 0.5) is 0 Å². The Bertz CT molecular complexity index is 246. The Kier molecular flexibility index (Phi) is 3.98. The number of H-pyrrole nitrogens is 1. The molecule has 0 aliphatic heterocycles. The highest BCUT2D eigenvalue weighted by molar-refractivity contribution is 5.75. The monoisotopic (exact) mass is 183 g/mol. The summed E-state index contributed by atoms with van der Waals surface area (Å²) in [7, 11) is 1.57. The average molecular weight is 183 g/mol. The van der Waals surface area contributed by atoms with Crippen molar-refractivity contribution in [3.8, 4) is 0 Å². The SMILES string of the molecule is COCCC(=O)NCc1cn[nH]c1. The molecule has 0 aliphatic rings. The number of nitrogens with one attached hydrogen (secondary N) is 2. The molecule has 0 spiro atoms. The molecule has 2 N–H and O–H groups in total. The van der Waals surface area contributed by atoms with E-state index in [2.05, 4.69) is 15.5 Å². The summed E-state index contributed by atoms with van der Waals surface area (Å²) in [6, 6.07) is 0. The van der Waals surface area contributed by atoms with Gasteiger partial charge in [-0.1, -0.05) is 0 Å². The molecule has 0 saturated carbocycles. The molecule has 0 fully saturated rings. The van der Waals surface area contributed by atoms with Crippen molar-refractivity contribution in [1.29, 1.82) is 0 Å². The molecule has 0 unspecified atom stereocenters. The smallest absolute Gasteiger partial charge is 0.222 e. The number of hydrogen-bond donors (Lipinski definition) is 2. The van der Waals surface area contributed by atoms with E-state index in [1.807, 2.05) is 0 Å². The lowest BCUT2D eigenvalue weighted by molar-refractivity contribution is -0.122. The maximum Gasteiger partial charge on any atom is 0.222 e. The minimum Gasteiger partial charge on any atom is -0.384 e. The maximum absolute atomic E-state index is 11.1. The molecule has 1 rings (SSSR count). The lowest BCUT2D eigenvalue weighted by Gasteiger charge is -2.01. The Labute approximate surface area is 76.5 Å². The third kappa shape index (κ3) is 3.71. The van der Waals surface area contributed by atoms with Gasteiger partial charge in [0.05, 0.1) is 12.8 Å². The Hall–Kier alpha value is -1.36. The molecule has 0 atom stereocenters. The van der Waals surface area contributed by atoms with Crippen molar-refractivity contribution in [2.75, 3.05) is 13.7 Å². The fourth-order valence-corrected chi connectivity index (χ4v) is 0.858.